The number of nitrogens with one attached hydrogen (secondary N) is 2. The molecule has 1 aromatic heterocycles. The van der Waals surface area contributed by atoms with Gasteiger partial charge in [-0.15, -0.1) is 0 Å². The smallest absolute Gasteiger partial charge is 0.318 e. The second-order valence-electron chi connectivity index (χ2n) is 8.15. The van der Waals surface area contributed by atoms with Crippen LogP contribution in [0.5, 0.6) is 0 Å². The van der Waals surface area contributed by atoms with Gasteiger partial charge in [-0.2, -0.15) is 0 Å². The zero-order chi connectivity index (χ0) is 25.0. The molecule has 0 radical (unpaired) electrons. The highest BCUT2D eigenvalue weighted by molar-refractivity contribution is 7.90. The molecule has 0 aliphatic carbocycles. The summed E-state index contributed by atoms with van der Waals surface area (Å²) in [7, 11) is -2.24. The first-order chi connectivity index (χ1) is 16.7. The van der Waals surface area contributed by atoms with Crippen LogP contribution in [0.3, 0.4) is 0 Å². The van der Waals surface area contributed by atoms with Gasteiger partial charge < -0.3 is 20.3 Å². The highest BCUT2D eigenvalue weighted by Crippen LogP contribution is 2.26. The molecule has 11 heteroatoms. The number of anilines is 2. The zero-order valence-corrected chi connectivity index (χ0v) is 20.2. The number of carbonyl (C=O) groups is 1. The molecule has 4 rings (SSSR count). The van der Waals surface area contributed by atoms with E-state index in [0.717, 1.165) is 12.1 Å². The molecule has 1 atom stereocenters. The van der Waals surface area contributed by atoms with Gasteiger partial charge in [0.25, 0.3) is 0 Å². The van der Waals surface area contributed by atoms with Crippen molar-refractivity contribution in [1.82, 2.24) is 15.3 Å². The third-order valence-electron chi connectivity index (χ3n) is 5.57. The molecule has 184 valence electrons. The Morgan fingerprint density at radius 1 is 1.14 bits per heavy atom. The summed E-state index contributed by atoms with van der Waals surface area (Å²) in [6.45, 7) is 3.68. The molecule has 35 heavy (non-hydrogen) atoms. The van der Waals surface area contributed by atoms with Crippen LogP contribution in [0.1, 0.15) is 12.6 Å². The average Bonchev–Trinajstić information content (AvgIpc) is 2.84. The van der Waals surface area contributed by atoms with Crippen molar-refractivity contribution in [2.75, 3.05) is 37.0 Å². The van der Waals surface area contributed by atoms with Crippen molar-refractivity contribution < 1.29 is 22.3 Å². The summed E-state index contributed by atoms with van der Waals surface area (Å²) >= 11 is 0. The van der Waals surface area contributed by atoms with Gasteiger partial charge in [0.05, 0.1) is 35.6 Å². The fraction of sp³-hybridized carbons (Fsp3) is 0.292. The molecule has 2 aromatic carbocycles. The topological polar surface area (TPSA) is 114 Å². The lowest BCUT2D eigenvalue weighted by atomic mass is 10.2. The molecule has 0 saturated carbocycles. The number of hydrogen-bond donors (Lipinski definition) is 2. The molecule has 2 heterocycles. The maximum atomic E-state index is 13.3. The Morgan fingerprint density at radius 2 is 1.86 bits per heavy atom. The van der Waals surface area contributed by atoms with Crippen LogP contribution < -0.4 is 15.5 Å². The molecule has 0 bridgehead atoms. The van der Waals surface area contributed by atoms with Crippen LogP contribution in [0.15, 0.2) is 59.5 Å². The Labute approximate surface area is 203 Å². The Morgan fingerprint density at radius 3 is 2.51 bits per heavy atom. The third kappa shape index (κ3) is 5.92. The number of amides is 2. The first-order valence-electron chi connectivity index (χ1n) is 11.0. The van der Waals surface area contributed by atoms with Gasteiger partial charge in [-0.05, 0) is 55.5 Å². The minimum Gasteiger partial charge on any atom is -0.377 e. The predicted molar refractivity (Wildman–Crippen MR) is 130 cm³/mol. The van der Waals surface area contributed by atoms with E-state index in [1.54, 1.807) is 30.3 Å². The molecule has 0 unspecified atom stereocenters. The molecule has 0 spiro atoms. The number of urea groups is 1. The maximum absolute atomic E-state index is 13.3. The van der Waals surface area contributed by atoms with E-state index >= 15 is 0 Å². The highest BCUT2D eigenvalue weighted by Gasteiger charge is 2.24. The van der Waals surface area contributed by atoms with Gasteiger partial charge in [0.2, 0.25) is 0 Å². The van der Waals surface area contributed by atoms with E-state index in [-0.39, 0.29) is 22.7 Å². The minimum atomic E-state index is -3.77. The number of hydrogen-bond acceptors (Lipinski definition) is 7. The van der Waals surface area contributed by atoms with Crippen LogP contribution in [0.25, 0.3) is 11.4 Å². The van der Waals surface area contributed by atoms with Crippen LogP contribution in [0.4, 0.5) is 20.7 Å². The first-order valence-corrected chi connectivity index (χ1v) is 12.7. The van der Waals surface area contributed by atoms with Crippen LogP contribution in [0.2, 0.25) is 0 Å². The van der Waals surface area contributed by atoms with E-state index in [0.29, 0.717) is 48.3 Å². The number of nitrogens with zero attached hydrogens (tertiary/aromatic N) is 3. The lowest BCUT2D eigenvalue weighted by molar-refractivity contribution is 0.0985. The van der Waals surface area contributed by atoms with E-state index in [4.69, 9.17) is 9.72 Å². The summed E-state index contributed by atoms with van der Waals surface area (Å²) < 4.78 is 44.9. The maximum Gasteiger partial charge on any atom is 0.318 e. The first kappa shape index (κ1) is 24.6. The Bertz CT molecular complexity index is 1300. The quantitative estimate of drug-likeness (QED) is 0.501. The highest BCUT2D eigenvalue weighted by atomic mass is 32.2. The second kappa shape index (κ2) is 10.4. The number of morpholine rings is 1. The average molecular weight is 500 g/mol. The number of ether oxygens (including phenoxy) is 1. The lowest BCUT2D eigenvalue weighted by Gasteiger charge is -2.34. The normalized spacial score (nSPS) is 16.1. The number of aromatic nitrogens is 2. The predicted octanol–water partition coefficient (Wildman–Crippen LogP) is 3.23. The van der Waals surface area contributed by atoms with Crippen molar-refractivity contribution in [3.05, 3.63) is 66.1 Å². The van der Waals surface area contributed by atoms with Crippen molar-refractivity contribution in [1.29, 1.82) is 0 Å². The van der Waals surface area contributed by atoms with Gasteiger partial charge in [-0.3, -0.25) is 0 Å². The fourth-order valence-electron chi connectivity index (χ4n) is 3.72. The van der Waals surface area contributed by atoms with Gasteiger partial charge >= 0.3 is 6.03 Å². The summed E-state index contributed by atoms with van der Waals surface area (Å²) in [5.74, 6) is 0.0850. The number of benzene rings is 2. The van der Waals surface area contributed by atoms with Crippen molar-refractivity contribution in [3.8, 4) is 11.4 Å². The summed E-state index contributed by atoms with van der Waals surface area (Å²) in [6.07, 6.45) is 0. The molecule has 2 amide bonds. The SMILES string of the molecule is CNC(=O)Nc1ccc(-c2nc(CS(=O)(=O)c3ccc(F)cc3)cc(N3CCOC[C@@H]3C)n2)cc1. The summed E-state index contributed by atoms with van der Waals surface area (Å²) in [5, 5.41) is 5.17. The molecule has 9 nitrogen and oxygen atoms in total. The van der Waals surface area contributed by atoms with Crippen molar-refractivity contribution in [2.45, 2.75) is 23.6 Å². The fourth-order valence-corrected chi connectivity index (χ4v) is 4.97. The van der Waals surface area contributed by atoms with Gasteiger partial charge in [-0.1, -0.05) is 0 Å². The summed E-state index contributed by atoms with van der Waals surface area (Å²) in [6, 6.07) is 13.1. The van der Waals surface area contributed by atoms with E-state index in [9.17, 15) is 17.6 Å². The number of sulfone groups is 1. The van der Waals surface area contributed by atoms with Gasteiger partial charge in [0.15, 0.2) is 15.7 Å². The van der Waals surface area contributed by atoms with Gasteiger partial charge in [0, 0.05) is 30.9 Å². The summed E-state index contributed by atoms with van der Waals surface area (Å²) in [4.78, 5) is 22.9. The number of rotatable bonds is 6. The molecule has 1 fully saturated rings. The molecular weight excluding hydrogens is 473 g/mol. The van der Waals surface area contributed by atoms with Crippen molar-refractivity contribution in [3.63, 3.8) is 0 Å². The molecule has 3 aromatic rings. The Hall–Kier alpha value is -3.57. The van der Waals surface area contributed by atoms with Crippen molar-refractivity contribution >= 4 is 27.4 Å². The van der Waals surface area contributed by atoms with E-state index in [1.807, 2.05) is 6.92 Å². The van der Waals surface area contributed by atoms with Gasteiger partial charge in [-0.25, -0.2) is 27.6 Å². The van der Waals surface area contributed by atoms with E-state index < -0.39 is 15.7 Å². The standard InChI is InChI=1S/C24H26FN5O4S/c1-16-14-34-12-11-30(16)22-13-20(15-35(32,33)21-9-5-18(25)6-10-21)27-23(29-22)17-3-7-19(8-4-17)28-24(31)26-2/h3-10,13,16H,11-12,14-15H2,1-2H3,(H2,26,28,31)/t16-/m0/s1. The van der Waals surface area contributed by atoms with Crippen LogP contribution >= 0.6 is 0 Å². The van der Waals surface area contributed by atoms with Crippen LogP contribution in [-0.4, -0.2) is 57.3 Å². The van der Waals surface area contributed by atoms with Crippen LogP contribution in [0, 0.1) is 5.82 Å². The summed E-state index contributed by atoms with van der Waals surface area (Å²) in [5.41, 5.74) is 1.57. The molecule has 1 aliphatic heterocycles. The molecule has 1 aliphatic rings. The Kier molecular flexibility index (Phi) is 7.27. The Balaban J connectivity index is 1.71. The van der Waals surface area contributed by atoms with Crippen LogP contribution in [-0.2, 0) is 20.3 Å². The van der Waals surface area contributed by atoms with Gasteiger partial charge in [0.1, 0.15) is 11.6 Å². The molecule has 2 N–H and O–H groups in total. The van der Waals surface area contributed by atoms with Crippen molar-refractivity contribution in [2.24, 2.45) is 0 Å². The minimum absolute atomic E-state index is 0.0185. The molecular formula is C24H26FN5O4S. The second-order valence-corrected chi connectivity index (χ2v) is 10.1. The third-order valence-corrected chi connectivity index (χ3v) is 7.23. The number of halogens is 1. The zero-order valence-electron chi connectivity index (χ0n) is 19.4. The van der Waals surface area contributed by atoms with E-state index in [2.05, 4.69) is 20.5 Å². The number of carbonyl (C=O) groups excluding carboxylic acids is 1. The monoisotopic (exact) mass is 499 g/mol. The molecule has 1 saturated heterocycles. The largest absolute Gasteiger partial charge is 0.377 e. The van der Waals surface area contributed by atoms with E-state index in [1.165, 1.54) is 19.2 Å². The lowest BCUT2D eigenvalue weighted by Crippen LogP contribution is -2.44.